The van der Waals surface area contributed by atoms with Gasteiger partial charge in [0.25, 0.3) is 5.91 Å². The van der Waals surface area contributed by atoms with Crippen molar-refractivity contribution in [2.24, 2.45) is 16.7 Å². The van der Waals surface area contributed by atoms with Gasteiger partial charge in [0.2, 0.25) is 20.0 Å². The Morgan fingerprint density at radius 1 is 1.18 bits per heavy atom. The molecule has 0 spiro atoms. The number of hydroxylamine groups is 1. The SMILES string of the molecule is COc1ccc(S(=O)(=O)NCC(NS(=O)(=O)C2C(=O)C3(C)CCC2C3(C)C)C(=O)NO)cc1. The average Bonchev–Trinajstić information content (AvgIpc) is 3.08. The zero-order valence-electron chi connectivity index (χ0n) is 18.8. The summed E-state index contributed by atoms with van der Waals surface area (Å²) < 4.78 is 60.8. The third kappa shape index (κ3) is 4.28. The number of ether oxygens (including phenoxy) is 1. The third-order valence-electron chi connectivity index (χ3n) is 7.39. The minimum Gasteiger partial charge on any atom is -0.497 e. The minimum absolute atomic E-state index is 0.132. The first-order chi connectivity index (χ1) is 15.2. The highest BCUT2D eigenvalue weighted by molar-refractivity contribution is 7.91. The fourth-order valence-electron chi connectivity index (χ4n) is 4.93. The Labute approximate surface area is 193 Å². The van der Waals surface area contributed by atoms with Crippen LogP contribution in [0.3, 0.4) is 0 Å². The molecule has 0 aliphatic heterocycles. The summed E-state index contributed by atoms with van der Waals surface area (Å²) in [6, 6.07) is 3.74. The van der Waals surface area contributed by atoms with Crippen LogP contribution in [0.5, 0.6) is 5.75 Å². The van der Waals surface area contributed by atoms with Crippen LogP contribution in [0.4, 0.5) is 0 Å². The smallest absolute Gasteiger partial charge is 0.262 e. The van der Waals surface area contributed by atoms with E-state index in [0.29, 0.717) is 18.6 Å². The van der Waals surface area contributed by atoms with E-state index < -0.39 is 66.3 Å². The second-order valence-corrected chi connectivity index (χ2v) is 12.8. The summed E-state index contributed by atoms with van der Waals surface area (Å²) in [6.07, 6.45) is 1.12. The summed E-state index contributed by atoms with van der Waals surface area (Å²) in [5.41, 5.74) is -0.0151. The van der Waals surface area contributed by atoms with Crippen LogP contribution in [0, 0.1) is 16.7 Å². The number of hydrogen-bond donors (Lipinski definition) is 4. The molecule has 33 heavy (non-hydrogen) atoms. The van der Waals surface area contributed by atoms with E-state index in [0.717, 1.165) is 0 Å². The molecule has 4 N–H and O–H groups in total. The lowest BCUT2D eigenvalue weighted by Gasteiger charge is -2.32. The number of amides is 1. The standard InChI is InChI=1S/C20H29N3O8S2/c1-19(2)14-9-10-20(19,3)17(24)16(14)33(29,30)23-15(18(25)22-26)11-21-32(27,28)13-7-5-12(31-4)6-8-13/h5-8,14-16,21,23,26H,9-11H2,1-4H3,(H,22,25). The van der Waals surface area contributed by atoms with Crippen LogP contribution in [0.25, 0.3) is 0 Å². The number of fused-ring (bicyclic) bond motifs is 2. The highest BCUT2D eigenvalue weighted by Crippen LogP contribution is 2.64. The fraction of sp³-hybridized carbons (Fsp3) is 0.600. The molecule has 3 rings (SSSR count). The fourth-order valence-corrected chi connectivity index (χ4v) is 8.16. The molecular weight excluding hydrogens is 474 g/mol. The molecule has 1 aromatic carbocycles. The number of carbonyl (C=O) groups excluding carboxylic acids is 2. The summed E-state index contributed by atoms with van der Waals surface area (Å²) in [5.74, 6) is -1.59. The lowest BCUT2D eigenvalue weighted by molar-refractivity contribution is -0.131. The molecule has 11 nitrogen and oxygen atoms in total. The van der Waals surface area contributed by atoms with Crippen molar-refractivity contribution in [3.8, 4) is 5.75 Å². The highest BCUT2D eigenvalue weighted by atomic mass is 32.2. The summed E-state index contributed by atoms with van der Waals surface area (Å²) in [4.78, 5) is 25.1. The van der Waals surface area contributed by atoms with E-state index in [2.05, 4.69) is 9.44 Å². The number of ketones is 1. The lowest BCUT2D eigenvalue weighted by Crippen LogP contribution is -2.55. The lowest BCUT2D eigenvalue weighted by atomic mass is 9.70. The van der Waals surface area contributed by atoms with Crippen molar-refractivity contribution in [3.05, 3.63) is 24.3 Å². The van der Waals surface area contributed by atoms with Gasteiger partial charge < -0.3 is 4.74 Å². The molecule has 184 valence electrons. The number of Topliss-reactive ketones (excluding diaryl/α,β-unsaturated/α-hetero) is 1. The summed E-state index contributed by atoms with van der Waals surface area (Å²) in [7, 11) is -7.06. The van der Waals surface area contributed by atoms with Crippen molar-refractivity contribution in [2.75, 3.05) is 13.7 Å². The van der Waals surface area contributed by atoms with Gasteiger partial charge in [0, 0.05) is 12.0 Å². The van der Waals surface area contributed by atoms with Gasteiger partial charge in [-0.25, -0.2) is 31.8 Å². The van der Waals surface area contributed by atoms with Crippen LogP contribution < -0.4 is 19.7 Å². The van der Waals surface area contributed by atoms with Gasteiger partial charge in [-0.05, 0) is 48.4 Å². The molecule has 2 fully saturated rings. The van der Waals surface area contributed by atoms with Gasteiger partial charge in [-0.1, -0.05) is 20.8 Å². The second kappa shape index (κ2) is 8.62. The van der Waals surface area contributed by atoms with Crippen molar-refractivity contribution < 1.29 is 36.4 Å². The molecule has 13 heteroatoms. The maximum atomic E-state index is 13.2. The quantitative estimate of drug-likeness (QED) is 0.273. The van der Waals surface area contributed by atoms with Crippen LogP contribution in [0.2, 0.25) is 0 Å². The average molecular weight is 504 g/mol. The summed E-state index contributed by atoms with van der Waals surface area (Å²) in [5, 5.41) is 7.70. The number of hydrogen-bond acceptors (Lipinski definition) is 8. The van der Waals surface area contributed by atoms with Crippen LogP contribution >= 0.6 is 0 Å². The Morgan fingerprint density at radius 2 is 1.79 bits per heavy atom. The zero-order chi connectivity index (χ0) is 24.8. The van der Waals surface area contributed by atoms with Crippen molar-refractivity contribution >= 4 is 31.7 Å². The van der Waals surface area contributed by atoms with E-state index in [1.165, 1.54) is 36.9 Å². The molecule has 4 unspecified atom stereocenters. The van der Waals surface area contributed by atoms with Gasteiger partial charge in [0.15, 0.2) is 5.78 Å². The Hall–Kier alpha value is -2.06. The predicted molar refractivity (Wildman–Crippen MR) is 117 cm³/mol. The number of sulfonamides is 2. The maximum Gasteiger partial charge on any atom is 0.262 e. The molecule has 2 saturated carbocycles. The van der Waals surface area contributed by atoms with E-state index in [9.17, 15) is 26.4 Å². The molecule has 1 amide bonds. The molecule has 2 aliphatic carbocycles. The van der Waals surface area contributed by atoms with Gasteiger partial charge in [-0.2, -0.15) is 0 Å². The normalized spacial score (nSPS) is 27.4. The van der Waals surface area contributed by atoms with E-state index in [1.54, 1.807) is 6.92 Å². The Bertz CT molecular complexity index is 1150. The van der Waals surface area contributed by atoms with Gasteiger partial charge in [-0.3, -0.25) is 14.8 Å². The Morgan fingerprint density at radius 3 is 2.27 bits per heavy atom. The van der Waals surface area contributed by atoms with Crippen molar-refractivity contribution in [2.45, 2.75) is 49.8 Å². The first kappa shape index (κ1) is 25.6. The number of rotatable bonds is 9. The summed E-state index contributed by atoms with van der Waals surface area (Å²) in [6.45, 7) is 4.79. The monoisotopic (exact) mass is 503 g/mol. The maximum absolute atomic E-state index is 13.2. The predicted octanol–water partition coefficient (Wildman–Crippen LogP) is 0.161. The van der Waals surface area contributed by atoms with Crippen LogP contribution in [0.1, 0.15) is 33.6 Å². The highest BCUT2D eigenvalue weighted by Gasteiger charge is 2.69. The van der Waals surface area contributed by atoms with Crippen molar-refractivity contribution in [3.63, 3.8) is 0 Å². The van der Waals surface area contributed by atoms with Gasteiger partial charge >= 0.3 is 0 Å². The Balaban J connectivity index is 1.80. The molecule has 2 bridgehead atoms. The van der Waals surface area contributed by atoms with E-state index >= 15 is 0 Å². The molecule has 0 heterocycles. The molecule has 2 aliphatic rings. The molecular formula is C20H29N3O8S2. The van der Waals surface area contributed by atoms with Crippen LogP contribution in [-0.4, -0.2) is 58.7 Å². The molecule has 1 aromatic rings. The first-order valence-corrected chi connectivity index (χ1v) is 13.4. The third-order valence-corrected chi connectivity index (χ3v) is 10.7. The second-order valence-electron chi connectivity index (χ2n) is 9.20. The number of nitrogens with one attached hydrogen (secondary N) is 3. The molecule has 0 radical (unpaired) electrons. The van der Waals surface area contributed by atoms with Crippen molar-refractivity contribution in [1.82, 2.24) is 14.9 Å². The van der Waals surface area contributed by atoms with Gasteiger partial charge in [0.05, 0.1) is 12.0 Å². The van der Waals surface area contributed by atoms with E-state index in [-0.39, 0.29) is 4.90 Å². The molecule has 0 saturated heterocycles. The van der Waals surface area contributed by atoms with E-state index in [1.807, 2.05) is 13.8 Å². The largest absolute Gasteiger partial charge is 0.497 e. The van der Waals surface area contributed by atoms with Crippen LogP contribution in [0.15, 0.2) is 29.2 Å². The van der Waals surface area contributed by atoms with E-state index in [4.69, 9.17) is 9.94 Å². The number of carbonyl (C=O) groups is 2. The Kier molecular flexibility index (Phi) is 6.68. The number of benzene rings is 1. The van der Waals surface area contributed by atoms with Gasteiger partial charge in [-0.15, -0.1) is 0 Å². The van der Waals surface area contributed by atoms with Crippen LogP contribution in [-0.2, 0) is 29.6 Å². The molecule has 4 atom stereocenters. The van der Waals surface area contributed by atoms with Crippen molar-refractivity contribution in [1.29, 1.82) is 0 Å². The first-order valence-electron chi connectivity index (χ1n) is 10.3. The topological polar surface area (TPSA) is 168 Å². The zero-order valence-corrected chi connectivity index (χ0v) is 20.4. The van der Waals surface area contributed by atoms with Gasteiger partial charge in [0.1, 0.15) is 17.0 Å². The number of methoxy groups -OCH3 is 1. The minimum atomic E-state index is -4.37. The summed E-state index contributed by atoms with van der Waals surface area (Å²) >= 11 is 0. The molecule has 0 aromatic heterocycles.